The van der Waals surface area contributed by atoms with E-state index in [0.29, 0.717) is 23.6 Å². The highest BCUT2D eigenvalue weighted by molar-refractivity contribution is 7.91. The van der Waals surface area contributed by atoms with Gasteiger partial charge in [0.05, 0.1) is 11.5 Å². The fourth-order valence-electron chi connectivity index (χ4n) is 2.99. The van der Waals surface area contributed by atoms with E-state index in [2.05, 4.69) is 17.3 Å². The van der Waals surface area contributed by atoms with Crippen LogP contribution in [-0.4, -0.2) is 57.0 Å². The molecule has 0 bridgehead atoms. The van der Waals surface area contributed by atoms with E-state index >= 15 is 0 Å². The largest absolute Gasteiger partial charge is 0.317 e. The molecule has 2 rings (SSSR count). The van der Waals surface area contributed by atoms with E-state index in [9.17, 15) is 8.42 Å². The quantitative estimate of drug-likeness (QED) is 0.791. The van der Waals surface area contributed by atoms with E-state index < -0.39 is 9.84 Å². The Bertz CT molecular complexity index is 320. The van der Waals surface area contributed by atoms with Crippen LogP contribution in [0.2, 0.25) is 0 Å². The first-order valence-corrected chi connectivity index (χ1v) is 8.54. The molecule has 4 nitrogen and oxygen atoms in total. The minimum Gasteiger partial charge on any atom is -0.317 e. The van der Waals surface area contributed by atoms with Gasteiger partial charge in [0.1, 0.15) is 9.84 Å². The number of nitrogens with one attached hydrogen (secondary N) is 1. The van der Waals surface area contributed by atoms with Gasteiger partial charge in [0.2, 0.25) is 0 Å². The Labute approximate surface area is 105 Å². The molecule has 2 aliphatic rings. The molecule has 0 aromatic heterocycles. The molecule has 1 N–H and O–H groups in total. The minimum atomic E-state index is -2.73. The molecule has 2 fully saturated rings. The van der Waals surface area contributed by atoms with Crippen LogP contribution < -0.4 is 5.32 Å². The van der Waals surface area contributed by atoms with Gasteiger partial charge in [0.25, 0.3) is 0 Å². The molecule has 0 radical (unpaired) electrons. The maximum Gasteiger partial charge on any atom is 0.150 e. The van der Waals surface area contributed by atoms with Crippen molar-refractivity contribution < 1.29 is 8.42 Å². The third-order valence-corrected chi connectivity index (χ3v) is 5.94. The maximum atomic E-state index is 11.4. The van der Waals surface area contributed by atoms with Crippen molar-refractivity contribution in [3.8, 4) is 0 Å². The molecule has 17 heavy (non-hydrogen) atoms. The zero-order valence-electron chi connectivity index (χ0n) is 10.7. The molecule has 1 atom stereocenters. The van der Waals surface area contributed by atoms with Crippen molar-refractivity contribution >= 4 is 9.84 Å². The Morgan fingerprint density at radius 1 is 1.00 bits per heavy atom. The third-order valence-electron chi connectivity index (χ3n) is 4.22. The van der Waals surface area contributed by atoms with Gasteiger partial charge in [-0.3, -0.25) is 0 Å². The fraction of sp³-hybridized carbons (Fsp3) is 1.00. The molecule has 2 heterocycles. The van der Waals surface area contributed by atoms with E-state index in [1.807, 2.05) is 0 Å². The van der Waals surface area contributed by atoms with Crippen LogP contribution in [-0.2, 0) is 9.84 Å². The molecule has 0 spiro atoms. The number of rotatable bonds is 2. The molecule has 0 aliphatic carbocycles. The van der Waals surface area contributed by atoms with Gasteiger partial charge in [0.15, 0.2) is 0 Å². The van der Waals surface area contributed by atoms with E-state index in [0.717, 1.165) is 25.9 Å². The Kier molecular flexibility index (Phi) is 4.44. The molecule has 2 aliphatic heterocycles. The summed E-state index contributed by atoms with van der Waals surface area (Å²) in [6.07, 6.45) is 5.32. The first-order chi connectivity index (χ1) is 8.08. The van der Waals surface area contributed by atoms with Crippen LogP contribution in [0.3, 0.4) is 0 Å². The van der Waals surface area contributed by atoms with Crippen molar-refractivity contribution in [3.05, 3.63) is 0 Å². The van der Waals surface area contributed by atoms with Gasteiger partial charge in [-0.15, -0.1) is 0 Å². The van der Waals surface area contributed by atoms with Gasteiger partial charge in [-0.25, -0.2) is 8.42 Å². The maximum absolute atomic E-state index is 11.4. The lowest BCUT2D eigenvalue weighted by Crippen LogP contribution is -2.44. The topological polar surface area (TPSA) is 49.4 Å². The summed E-state index contributed by atoms with van der Waals surface area (Å²) in [5.41, 5.74) is 0. The zero-order valence-corrected chi connectivity index (χ0v) is 11.5. The highest BCUT2D eigenvalue weighted by Gasteiger charge is 2.29. The van der Waals surface area contributed by atoms with Crippen LogP contribution in [0.1, 0.15) is 32.1 Å². The Morgan fingerprint density at radius 3 is 2.35 bits per heavy atom. The summed E-state index contributed by atoms with van der Waals surface area (Å²) in [7, 11) is -0.547. The normalized spacial score (nSPS) is 31.3. The Balaban J connectivity index is 1.88. The average Bonchev–Trinajstić information content (AvgIpc) is 2.56. The predicted octanol–water partition coefficient (Wildman–Crippen LogP) is 0.638. The smallest absolute Gasteiger partial charge is 0.150 e. The van der Waals surface area contributed by atoms with Crippen LogP contribution in [0.5, 0.6) is 0 Å². The van der Waals surface area contributed by atoms with Crippen molar-refractivity contribution in [2.24, 2.45) is 0 Å². The molecule has 5 heteroatoms. The van der Waals surface area contributed by atoms with Gasteiger partial charge in [-0.1, -0.05) is 0 Å². The van der Waals surface area contributed by atoms with Crippen molar-refractivity contribution in [2.45, 2.75) is 44.2 Å². The zero-order chi connectivity index (χ0) is 12.3. The van der Waals surface area contributed by atoms with E-state index in [1.165, 1.54) is 19.3 Å². The van der Waals surface area contributed by atoms with Gasteiger partial charge in [-0.05, 0) is 52.2 Å². The van der Waals surface area contributed by atoms with Gasteiger partial charge >= 0.3 is 0 Å². The lowest BCUT2D eigenvalue weighted by atomic mass is 10.0. The summed E-state index contributed by atoms with van der Waals surface area (Å²) >= 11 is 0. The number of hydrogen-bond donors (Lipinski definition) is 1. The summed E-state index contributed by atoms with van der Waals surface area (Å²) < 4.78 is 22.8. The lowest BCUT2D eigenvalue weighted by molar-refractivity contribution is 0.150. The summed E-state index contributed by atoms with van der Waals surface area (Å²) in [6.45, 7) is 2.23. The van der Waals surface area contributed by atoms with Crippen LogP contribution in [0.4, 0.5) is 0 Å². The summed E-state index contributed by atoms with van der Waals surface area (Å²) in [5.74, 6) is 0.764. The molecule has 2 saturated heterocycles. The molecule has 100 valence electrons. The highest BCUT2D eigenvalue weighted by Crippen LogP contribution is 2.22. The van der Waals surface area contributed by atoms with Crippen molar-refractivity contribution in [2.75, 3.05) is 31.6 Å². The molecular weight excluding hydrogens is 236 g/mol. The number of nitrogens with zero attached hydrogens (tertiary/aromatic N) is 1. The van der Waals surface area contributed by atoms with Gasteiger partial charge in [0, 0.05) is 12.1 Å². The standard InChI is InChI=1S/C12H24N2O2S/c1-14(11-3-2-7-13-8-4-11)12-5-9-17(15,16)10-6-12/h11-13H,2-10H2,1H3. The van der Waals surface area contributed by atoms with Gasteiger partial charge < -0.3 is 10.2 Å². The van der Waals surface area contributed by atoms with Crippen molar-refractivity contribution in [3.63, 3.8) is 0 Å². The average molecular weight is 260 g/mol. The van der Waals surface area contributed by atoms with Crippen molar-refractivity contribution in [1.29, 1.82) is 0 Å². The second kappa shape index (κ2) is 5.67. The predicted molar refractivity (Wildman–Crippen MR) is 69.9 cm³/mol. The van der Waals surface area contributed by atoms with E-state index in [1.54, 1.807) is 0 Å². The summed E-state index contributed by atoms with van der Waals surface area (Å²) in [6, 6.07) is 1.11. The summed E-state index contributed by atoms with van der Waals surface area (Å²) in [5, 5.41) is 3.43. The Hall–Kier alpha value is -0.130. The first kappa shape index (κ1) is 13.3. The molecule has 0 aromatic carbocycles. The van der Waals surface area contributed by atoms with Crippen LogP contribution >= 0.6 is 0 Å². The van der Waals surface area contributed by atoms with Crippen molar-refractivity contribution in [1.82, 2.24) is 10.2 Å². The molecule has 0 aromatic rings. The second-order valence-electron chi connectivity index (χ2n) is 5.38. The minimum absolute atomic E-state index is 0.382. The monoisotopic (exact) mass is 260 g/mol. The van der Waals surface area contributed by atoms with E-state index in [4.69, 9.17) is 0 Å². The number of sulfone groups is 1. The highest BCUT2D eigenvalue weighted by atomic mass is 32.2. The van der Waals surface area contributed by atoms with Crippen LogP contribution in [0, 0.1) is 0 Å². The Morgan fingerprint density at radius 2 is 1.65 bits per heavy atom. The van der Waals surface area contributed by atoms with Crippen LogP contribution in [0.15, 0.2) is 0 Å². The van der Waals surface area contributed by atoms with E-state index in [-0.39, 0.29) is 0 Å². The van der Waals surface area contributed by atoms with Crippen LogP contribution in [0.25, 0.3) is 0 Å². The first-order valence-electron chi connectivity index (χ1n) is 6.71. The second-order valence-corrected chi connectivity index (χ2v) is 7.69. The number of hydrogen-bond acceptors (Lipinski definition) is 4. The molecular formula is C12H24N2O2S. The lowest BCUT2D eigenvalue weighted by Gasteiger charge is -2.36. The third kappa shape index (κ3) is 3.66. The molecule has 1 unspecified atom stereocenters. The van der Waals surface area contributed by atoms with Gasteiger partial charge in [-0.2, -0.15) is 0 Å². The molecule has 0 amide bonds. The SMILES string of the molecule is CN(C1CCCNCC1)C1CCS(=O)(=O)CC1. The summed E-state index contributed by atoms with van der Waals surface area (Å²) in [4.78, 5) is 2.45. The molecule has 0 saturated carbocycles. The fourth-order valence-corrected chi connectivity index (χ4v) is 4.46.